The molecule has 0 unspecified atom stereocenters. The number of benzene rings is 1. The number of nitrogens with zero attached hydrogens (tertiary/aromatic N) is 4. The highest BCUT2D eigenvalue weighted by atomic mass is 32.1. The van der Waals surface area contributed by atoms with Crippen LogP contribution in [-0.4, -0.2) is 54.1 Å². The van der Waals surface area contributed by atoms with Crippen molar-refractivity contribution in [3.8, 4) is 0 Å². The van der Waals surface area contributed by atoms with E-state index in [1.165, 1.54) is 36.4 Å². The predicted octanol–water partition coefficient (Wildman–Crippen LogP) is 3.81. The maximum Gasteiger partial charge on any atom is 0.298 e. The van der Waals surface area contributed by atoms with Gasteiger partial charge in [0.15, 0.2) is 5.58 Å². The van der Waals surface area contributed by atoms with Crippen molar-refractivity contribution < 1.29 is 4.42 Å². The van der Waals surface area contributed by atoms with E-state index in [2.05, 4.69) is 31.1 Å². The molecule has 0 spiro atoms. The van der Waals surface area contributed by atoms with Crippen LogP contribution in [0.15, 0.2) is 40.1 Å². The van der Waals surface area contributed by atoms with Crippen LogP contribution in [0.4, 0.5) is 6.01 Å². The third-order valence-electron chi connectivity index (χ3n) is 5.62. The quantitative estimate of drug-likeness (QED) is 0.671. The lowest BCUT2D eigenvalue weighted by Crippen LogP contribution is -2.46. The Morgan fingerprint density at radius 1 is 0.926 bits per heavy atom. The third kappa shape index (κ3) is 3.88. The topological polar surface area (TPSA) is 35.8 Å². The zero-order chi connectivity index (χ0) is 18.1. The normalized spacial score (nSPS) is 19.3. The Morgan fingerprint density at radius 3 is 2.52 bits per heavy atom. The third-order valence-corrected chi connectivity index (χ3v) is 6.59. The molecular formula is C21H26N4OS. The lowest BCUT2D eigenvalue weighted by atomic mass is 10.2. The van der Waals surface area contributed by atoms with E-state index in [0.29, 0.717) is 0 Å². The van der Waals surface area contributed by atoms with Crippen molar-refractivity contribution in [1.82, 2.24) is 14.8 Å². The van der Waals surface area contributed by atoms with Gasteiger partial charge < -0.3 is 9.32 Å². The van der Waals surface area contributed by atoms with Crippen molar-refractivity contribution in [3.05, 3.63) is 46.2 Å². The molecule has 2 saturated heterocycles. The van der Waals surface area contributed by atoms with Crippen LogP contribution >= 0.6 is 11.3 Å². The van der Waals surface area contributed by atoms with Gasteiger partial charge >= 0.3 is 0 Å². The van der Waals surface area contributed by atoms with Crippen LogP contribution in [0, 0.1) is 0 Å². The van der Waals surface area contributed by atoms with Crippen LogP contribution in [0.25, 0.3) is 11.1 Å². The summed E-state index contributed by atoms with van der Waals surface area (Å²) >= 11 is 1.91. The van der Waals surface area contributed by atoms with Gasteiger partial charge in [0.1, 0.15) is 5.52 Å². The first kappa shape index (κ1) is 17.2. The van der Waals surface area contributed by atoms with Crippen LogP contribution in [-0.2, 0) is 13.1 Å². The molecule has 0 amide bonds. The molecule has 2 aliphatic heterocycles. The zero-order valence-electron chi connectivity index (χ0n) is 15.6. The fourth-order valence-corrected chi connectivity index (χ4v) is 5.03. The minimum Gasteiger partial charge on any atom is -0.423 e. The van der Waals surface area contributed by atoms with Gasteiger partial charge in [0.2, 0.25) is 0 Å². The van der Waals surface area contributed by atoms with Crippen LogP contribution in [0.1, 0.15) is 23.3 Å². The number of hydrogen-bond donors (Lipinski definition) is 0. The van der Waals surface area contributed by atoms with E-state index in [9.17, 15) is 0 Å². The summed E-state index contributed by atoms with van der Waals surface area (Å²) in [5.41, 5.74) is 3.31. The summed E-state index contributed by atoms with van der Waals surface area (Å²) in [6, 6.07) is 11.2. The highest BCUT2D eigenvalue weighted by Crippen LogP contribution is 2.24. The van der Waals surface area contributed by atoms with Gasteiger partial charge in [-0.05, 0) is 55.1 Å². The summed E-state index contributed by atoms with van der Waals surface area (Å²) in [5.74, 6) is 0. The van der Waals surface area contributed by atoms with Crippen molar-refractivity contribution in [3.63, 3.8) is 0 Å². The van der Waals surface area contributed by atoms with Crippen molar-refractivity contribution in [2.45, 2.75) is 25.9 Å². The minimum atomic E-state index is 0.764. The lowest BCUT2D eigenvalue weighted by Gasteiger charge is -2.33. The number of fused-ring (bicyclic) bond motifs is 1. The van der Waals surface area contributed by atoms with E-state index in [-0.39, 0.29) is 0 Å². The highest BCUT2D eigenvalue weighted by Gasteiger charge is 2.21. The molecule has 2 fully saturated rings. The maximum atomic E-state index is 5.92. The molecule has 0 atom stereocenters. The van der Waals surface area contributed by atoms with E-state index in [1.807, 2.05) is 35.6 Å². The first-order valence-electron chi connectivity index (χ1n) is 9.95. The van der Waals surface area contributed by atoms with Gasteiger partial charge in [-0.25, -0.2) is 0 Å². The number of piperazine rings is 1. The molecule has 0 saturated carbocycles. The molecule has 5 nitrogen and oxygen atoms in total. The van der Waals surface area contributed by atoms with Gasteiger partial charge in [0, 0.05) is 44.1 Å². The minimum absolute atomic E-state index is 0.764. The fraction of sp³-hybridized carbons (Fsp3) is 0.476. The number of rotatable bonds is 5. The van der Waals surface area contributed by atoms with E-state index in [1.54, 1.807) is 0 Å². The molecule has 0 aliphatic carbocycles. The van der Waals surface area contributed by atoms with Gasteiger partial charge in [0.05, 0.1) is 0 Å². The van der Waals surface area contributed by atoms with Crippen LogP contribution < -0.4 is 4.90 Å². The molecule has 4 heterocycles. The zero-order valence-corrected chi connectivity index (χ0v) is 16.5. The van der Waals surface area contributed by atoms with E-state index >= 15 is 0 Å². The summed E-state index contributed by atoms with van der Waals surface area (Å²) in [7, 11) is 0. The number of para-hydroxylation sites is 2. The van der Waals surface area contributed by atoms with Gasteiger partial charge in [-0.3, -0.25) is 9.80 Å². The fourth-order valence-electron chi connectivity index (χ4n) is 4.10. The Labute approximate surface area is 164 Å². The van der Waals surface area contributed by atoms with Gasteiger partial charge in [-0.15, -0.1) is 11.3 Å². The second-order valence-electron chi connectivity index (χ2n) is 7.63. The molecule has 2 aliphatic rings. The molecule has 0 radical (unpaired) electrons. The average Bonchev–Trinajstić information content (AvgIpc) is 3.43. The molecular weight excluding hydrogens is 356 g/mol. The number of anilines is 1. The molecule has 2 aromatic heterocycles. The smallest absolute Gasteiger partial charge is 0.298 e. The van der Waals surface area contributed by atoms with Crippen LogP contribution in [0.2, 0.25) is 0 Å². The molecule has 1 aromatic carbocycles. The Kier molecular flexibility index (Phi) is 4.86. The summed E-state index contributed by atoms with van der Waals surface area (Å²) in [4.78, 5) is 13.5. The second kappa shape index (κ2) is 7.62. The van der Waals surface area contributed by atoms with Gasteiger partial charge in [-0.2, -0.15) is 4.98 Å². The van der Waals surface area contributed by atoms with E-state index in [0.717, 1.165) is 56.4 Å². The number of thiophene rings is 1. The number of oxazole rings is 1. The number of aromatic nitrogens is 1. The monoisotopic (exact) mass is 382 g/mol. The molecule has 6 heteroatoms. The van der Waals surface area contributed by atoms with Crippen molar-refractivity contribution >= 4 is 28.5 Å². The van der Waals surface area contributed by atoms with E-state index < -0.39 is 0 Å². The highest BCUT2D eigenvalue weighted by molar-refractivity contribution is 7.10. The summed E-state index contributed by atoms with van der Waals surface area (Å²) in [6.07, 6.45) is 2.72. The van der Waals surface area contributed by atoms with Crippen LogP contribution in [0.3, 0.4) is 0 Å². The largest absolute Gasteiger partial charge is 0.423 e. The Hall–Kier alpha value is -1.89. The SMILES string of the molecule is c1ccc2oc(N3CCN(Cc4cc(CN5CCCC5)cs4)CC3)nc2c1. The first-order chi connectivity index (χ1) is 13.3. The standard InChI is InChI=1S/C21H26N4OS/c1-2-6-20-19(5-1)22-21(26-20)25-11-9-24(10-12-25)15-18-13-17(16-27-18)14-23-7-3-4-8-23/h1-2,5-6,13,16H,3-4,7-12,14-15H2. The van der Waals surface area contributed by atoms with E-state index in [4.69, 9.17) is 4.42 Å². The van der Waals surface area contributed by atoms with Gasteiger partial charge in [0.25, 0.3) is 6.01 Å². The predicted molar refractivity (Wildman–Crippen MR) is 110 cm³/mol. The van der Waals surface area contributed by atoms with Gasteiger partial charge in [-0.1, -0.05) is 12.1 Å². The molecule has 0 N–H and O–H groups in total. The number of likely N-dealkylation sites (tertiary alicyclic amines) is 1. The second-order valence-corrected chi connectivity index (χ2v) is 8.63. The molecule has 0 bridgehead atoms. The Bertz CT molecular complexity index is 857. The summed E-state index contributed by atoms with van der Waals surface area (Å²) in [5, 5.41) is 2.35. The summed E-state index contributed by atoms with van der Waals surface area (Å²) in [6.45, 7) is 8.77. The van der Waals surface area contributed by atoms with Crippen LogP contribution in [0.5, 0.6) is 0 Å². The molecule has 27 heavy (non-hydrogen) atoms. The van der Waals surface area contributed by atoms with Crippen molar-refractivity contribution in [2.24, 2.45) is 0 Å². The number of hydrogen-bond acceptors (Lipinski definition) is 6. The molecule has 142 valence electrons. The lowest BCUT2D eigenvalue weighted by molar-refractivity contribution is 0.247. The summed E-state index contributed by atoms with van der Waals surface area (Å²) < 4.78 is 5.92. The molecule has 3 aromatic rings. The Morgan fingerprint density at radius 2 is 1.70 bits per heavy atom. The van der Waals surface area contributed by atoms with Crippen molar-refractivity contribution in [1.29, 1.82) is 0 Å². The maximum absolute atomic E-state index is 5.92. The average molecular weight is 383 g/mol. The first-order valence-corrected chi connectivity index (χ1v) is 10.8. The molecule has 5 rings (SSSR count). The Balaban J connectivity index is 1.15. The van der Waals surface area contributed by atoms with Crippen molar-refractivity contribution in [2.75, 3.05) is 44.2 Å².